The number of aromatic nitrogens is 2. The largest absolute Gasteiger partial charge is 0.353 e. The van der Waals surface area contributed by atoms with Crippen molar-refractivity contribution in [2.75, 3.05) is 31.6 Å². The molecule has 3 rings (SSSR count). The smallest absolute Gasteiger partial charge is 0.317 e. The van der Waals surface area contributed by atoms with E-state index < -0.39 is 0 Å². The fraction of sp³-hybridized carbons (Fsp3) is 0.650. The number of piperidine rings is 1. The summed E-state index contributed by atoms with van der Waals surface area (Å²) in [5, 5.41) is 11.3. The van der Waals surface area contributed by atoms with Gasteiger partial charge in [0.1, 0.15) is 0 Å². The minimum atomic E-state index is 0.0326. The van der Waals surface area contributed by atoms with Gasteiger partial charge in [0, 0.05) is 32.9 Å². The Hall–Kier alpha value is -2.11. The minimum absolute atomic E-state index is 0.0326. The van der Waals surface area contributed by atoms with Crippen LogP contribution in [0.1, 0.15) is 51.4 Å². The van der Waals surface area contributed by atoms with E-state index in [2.05, 4.69) is 26.5 Å². The first-order valence-corrected chi connectivity index (χ1v) is 9.95. The summed E-state index contributed by atoms with van der Waals surface area (Å²) in [6.45, 7) is 2.52. The average Bonchev–Trinajstić information content (AvgIpc) is 2.97. The van der Waals surface area contributed by atoms with E-state index in [9.17, 15) is 4.79 Å². The van der Waals surface area contributed by atoms with Crippen LogP contribution >= 0.6 is 0 Å². The number of anilines is 1. The van der Waals surface area contributed by atoms with Crippen LogP contribution in [0.3, 0.4) is 0 Å². The quantitative estimate of drug-likeness (QED) is 0.821. The van der Waals surface area contributed by atoms with E-state index in [0.29, 0.717) is 0 Å². The standard InChI is InChI=1S/C20H31N5O/c1-24(20(26)21-14-12-17-8-4-2-3-5-9-17)18-10-7-15-25(16-18)19-11-6-13-22-23-19/h6,8,11,13,18H,2-5,7,9-10,12,14-16H2,1H3,(H,21,26). The lowest BCUT2D eigenvalue weighted by atomic mass is 10.0. The van der Waals surface area contributed by atoms with Crippen molar-refractivity contribution in [2.45, 2.75) is 57.4 Å². The first-order chi connectivity index (χ1) is 12.7. The van der Waals surface area contributed by atoms with E-state index in [1.54, 1.807) is 6.20 Å². The molecule has 6 heteroatoms. The van der Waals surface area contributed by atoms with Gasteiger partial charge in [-0.2, -0.15) is 5.10 Å². The molecule has 6 nitrogen and oxygen atoms in total. The zero-order valence-electron chi connectivity index (χ0n) is 15.9. The van der Waals surface area contributed by atoms with E-state index in [0.717, 1.165) is 44.7 Å². The maximum Gasteiger partial charge on any atom is 0.317 e. The average molecular weight is 358 g/mol. The summed E-state index contributed by atoms with van der Waals surface area (Å²) in [6, 6.07) is 4.13. The molecule has 26 heavy (non-hydrogen) atoms. The molecule has 1 unspecified atom stereocenters. The predicted octanol–water partition coefficient (Wildman–Crippen LogP) is 3.37. The van der Waals surface area contributed by atoms with E-state index in [1.165, 1.54) is 37.7 Å². The highest BCUT2D eigenvalue weighted by Crippen LogP contribution is 2.21. The number of nitrogens with zero attached hydrogens (tertiary/aromatic N) is 4. The van der Waals surface area contributed by atoms with Gasteiger partial charge < -0.3 is 15.1 Å². The molecule has 0 spiro atoms. The molecule has 1 saturated heterocycles. The molecule has 0 aromatic carbocycles. The van der Waals surface area contributed by atoms with E-state index in [-0.39, 0.29) is 12.1 Å². The maximum absolute atomic E-state index is 12.5. The van der Waals surface area contributed by atoms with E-state index >= 15 is 0 Å². The predicted molar refractivity (Wildman–Crippen MR) is 104 cm³/mol. The number of hydrogen-bond acceptors (Lipinski definition) is 4. The normalized spacial score (nSPS) is 20.9. The van der Waals surface area contributed by atoms with Gasteiger partial charge in [0.25, 0.3) is 0 Å². The Morgan fingerprint density at radius 1 is 1.35 bits per heavy atom. The van der Waals surface area contributed by atoms with Crippen LogP contribution in [0.2, 0.25) is 0 Å². The third-order valence-electron chi connectivity index (χ3n) is 5.50. The number of urea groups is 1. The highest BCUT2D eigenvalue weighted by atomic mass is 16.2. The van der Waals surface area contributed by atoms with Crippen molar-refractivity contribution in [3.8, 4) is 0 Å². The van der Waals surface area contributed by atoms with Gasteiger partial charge in [0.05, 0.1) is 6.04 Å². The Morgan fingerprint density at radius 2 is 2.27 bits per heavy atom. The second kappa shape index (κ2) is 9.55. The van der Waals surface area contributed by atoms with E-state index in [1.807, 2.05) is 24.1 Å². The highest BCUT2D eigenvalue weighted by Gasteiger charge is 2.26. The molecule has 0 bridgehead atoms. The summed E-state index contributed by atoms with van der Waals surface area (Å²) in [7, 11) is 1.91. The van der Waals surface area contributed by atoms with Crippen molar-refractivity contribution >= 4 is 11.8 Å². The van der Waals surface area contributed by atoms with Crippen LogP contribution in [0.4, 0.5) is 10.6 Å². The summed E-state index contributed by atoms with van der Waals surface area (Å²) in [4.78, 5) is 16.6. The van der Waals surface area contributed by atoms with Crippen LogP contribution in [0.25, 0.3) is 0 Å². The van der Waals surface area contributed by atoms with Crippen LogP contribution in [0.15, 0.2) is 30.0 Å². The summed E-state index contributed by atoms with van der Waals surface area (Å²) < 4.78 is 0. The van der Waals surface area contributed by atoms with Crippen LogP contribution in [-0.4, -0.2) is 53.9 Å². The summed E-state index contributed by atoms with van der Waals surface area (Å²) in [5.74, 6) is 0.895. The second-order valence-corrected chi connectivity index (χ2v) is 7.38. The van der Waals surface area contributed by atoms with Crippen molar-refractivity contribution < 1.29 is 4.79 Å². The first-order valence-electron chi connectivity index (χ1n) is 9.95. The number of carbonyl (C=O) groups is 1. The van der Waals surface area contributed by atoms with Gasteiger partial charge in [0.15, 0.2) is 5.82 Å². The summed E-state index contributed by atoms with van der Waals surface area (Å²) in [5.41, 5.74) is 1.51. The molecule has 1 atom stereocenters. The third-order valence-corrected chi connectivity index (χ3v) is 5.50. The molecule has 2 aliphatic rings. The fourth-order valence-corrected chi connectivity index (χ4v) is 3.87. The van der Waals surface area contributed by atoms with Crippen molar-refractivity contribution in [1.82, 2.24) is 20.4 Å². The van der Waals surface area contributed by atoms with Crippen LogP contribution in [-0.2, 0) is 0 Å². The Morgan fingerprint density at radius 3 is 3.12 bits per heavy atom. The lowest BCUT2D eigenvalue weighted by Crippen LogP contribution is -2.51. The number of nitrogens with one attached hydrogen (secondary N) is 1. The Labute approximate surface area is 156 Å². The minimum Gasteiger partial charge on any atom is -0.353 e. The number of rotatable bonds is 5. The van der Waals surface area contributed by atoms with Gasteiger partial charge in [-0.3, -0.25) is 0 Å². The van der Waals surface area contributed by atoms with Gasteiger partial charge >= 0.3 is 6.03 Å². The van der Waals surface area contributed by atoms with Crippen LogP contribution in [0, 0.1) is 0 Å². The zero-order valence-corrected chi connectivity index (χ0v) is 15.9. The molecule has 142 valence electrons. The van der Waals surface area contributed by atoms with Gasteiger partial charge in [0.2, 0.25) is 0 Å². The molecule has 2 amide bonds. The lowest BCUT2D eigenvalue weighted by molar-refractivity contribution is 0.182. The molecular formula is C20H31N5O. The van der Waals surface area contributed by atoms with Crippen molar-refractivity contribution in [3.05, 3.63) is 30.0 Å². The summed E-state index contributed by atoms with van der Waals surface area (Å²) in [6.07, 6.45) is 13.5. The molecule has 1 aliphatic heterocycles. The van der Waals surface area contributed by atoms with Gasteiger partial charge in [-0.1, -0.05) is 18.1 Å². The first kappa shape index (κ1) is 18.7. The number of allylic oxidation sites excluding steroid dienone is 1. The molecule has 1 aromatic heterocycles. The van der Waals surface area contributed by atoms with E-state index in [4.69, 9.17) is 0 Å². The Kier molecular flexibility index (Phi) is 6.86. The lowest BCUT2D eigenvalue weighted by Gasteiger charge is -2.38. The maximum atomic E-state index is 12.5. The molecule has 0 radical (unpaired) electrons. The monoisotopic (exact) mass is 357 g/mol. The molecule has 2 heterocycles. The molecule has 1 aromatic rings. The van der Waals surface area contributed by atoms with Crippen LogP contribution in [0.5, 0.6) is 0 Å². The molecule has 1 aliphatic carbocycles. The Bertz CT molecular complexity index is 603. The molecule has 1 N–H and O–H groups in total. The van der Waals surface area contributed by atoms with Crippen LogP contribution < -0.4 is 10.2 Å². The molecular weight excluding hydrogens is 326 g/mol. The second-order valence-electron chi connectivity index (χ2n) is 7.38. The van der Waals surface area contributed by atoms with Crippen molar-refractivity contribution in [3.63, 3.8) is 0 Å². The molecule has 0 saturated carbocycles. The highest BCUT2D eigenvalue weighted by molar-refractivity contribution is 5.74. The number of carbonyl (C=O) groups excluding carboxylic acids is 1. The number of amides is 2. The summed E-state index contributed by atoms with van der Waals surface area (Å²) >= 11 is 0. The van der Waals surface area contributed by atoms with Gasteiger partial charge in [-0.05, 0) is 57.1 Å². The SMILES string of the molecule is CN(C(=O)NCCC1=CCCCCC1)C1CCCN(c2cccnn2)C1. The van der Waals surface area contributed by atoms with Crippen molar-refractivity contribution in [2.24, 2.45) is 0 Å². The van der Waals surface area contributed by atoms with Gasteiger partial charge in [-0.25, -0.2) is 4.79 Å². The van der Waals surface area contributed by atoms with Crippen molar-refractivity contribution in [1.29, 1.82) is 0 Å². The Balaban J connectivity index is 1.46. The third kappa shape index (κ3) is 5.19. The topological polar surface area (TPSA) is 61.4 Å². The fourth-order valence-electron chi connectivity index (χ4n) is 3.87. The number of likely N-dealkylation sites (N-methyl/N-ethyl adjacent to an activating group) is 1. The molecule has 1 fully saturated rings. The zero-order chi connectivity index (χ0) is 18.2. The number of hydrogen-bond donors (Lipinski definition) is 1. The van der Waals surface area contributed by atoms with Gasteiger partial charge in [-0.15, -0.1) is 5.10 Å².